The molecule has 1 saturated heterocycles. The van der Waals surface area contributed by atoms with Crippen molar-refractivity contribution in [2.45, 2.75) is 19.4 Å². The highest BCUT2D eigenvalue weighted by molar-refractivity contribution is 5.85. The van der Waals surface area contributed by atoms with Crippen LogP contribution in [-0.4, -0.2) is 55.7 Å². The van der Waals surface area contributed by atoms with Gasteiger partial charge in [-0.3, -0.25) is 9.69 Å². The Labute approximate surface area is 151 Å². The molecular weight excluding hydrogens is 337 g/mol. The number of halogens is 2. The Hall–Kier alpha value is -1.01. The molecule has 1 fully saturated rings. The van der Waals surface area contributed by atoms with Crippen LogP contribution in [0.25, 0.3) is 0 Å². The van der Waals surface area contributed by atoms with Gasteiger partial charge in [-0.2, -0.15) is 0 Å². The van der Waals surface area contributed by atoms with Gasteiger partial charge in [0.25, 0.3) is 0 Å². The van der Waals surface area contributed by atoms with Gasteiger partial charge in [-0.05, 0) is 26.0 Å². The molecule has 1 amide bonds. The molecule has 0 aliphatic carbocycles. The van der Waals surface area contributed by atoms with Crippen LogP contribution in [0.1, 0.15) is 13.8 Å². The number of anilines is 1. The number of nitrogens with zero attached hydrogens (tertiary/aromatic N) is 1. The van der Waals surface area contributed by atoms with E-state index in [9.17, 15) is 4.79 Å². The van der Waals surface area contributed by atoms with Crippen molar-refractivity contribution < 1.29 is 9.53 Å². The summed E-state index contributed by atoms with van der Waals surface area (Å²) in [5.74, 6) is 0.0141. The van der Waals surface area contributed by atoms with Crippen molar-refractivity contribution in [1.82, 2.24) is 10.2 Å². The molecule has 2 N–H and O–H groups in total. The Morgan fingerprint density at radius 3 is 2.39 bits per heavy atom. The minimum Gasteiger partial charge on any atom is -0.379 e. The Kier molecular flexibility index (Phi) is 10.2. The number of nitrogens with one attached hydrogen (secondary N) is 2. The lowest BCUT2D eigenvalue weighted by Gasteiger charge is -2.40. The van der Waals surface area contributed by atoms with E-state index in [4.69, 9.17) is 4.74 Å². The third-order valence-electron chi connectivity index (χ3n) is 3.81. The fourth-order valence-electron chi connectivity index (χ4n) is 2.40. The first-order valence-corrected chi connectivity index (χ1v) is 7.46. The quantitative estimate of drug-likeness (QED) is 0.813. The van der Waals surface area contributed by atoms with E-state index in [0.29, 0.717) is 13.1 Å². The molecule has 0 saturated carbocycles. The van der Waals surface area contributed by atoms with E-state index >= 15 is 0 Å². The van der Waals surface area contributed by atoms with Crippen LogP contribution in [0.5, 0.6) is 0 Å². The number of hydrogen-bond donors (Lipinski definition) is 2. The van der Waals surface area contributed by atoms with Crippen LogP contribution in [0.3, 0.4) is 0 Å². The van der Waals surface area contributed by atoms with Crippen LogP contribution >= 0.6 is 24.8 Å². The van der Waals surface area contributed by atoms with Gasteiger partial charge in [0.2, 0.25) is 5.91 Å². The fourth-order valence-corrected chi connectivity index (χ4v) is 2.40. The predicted molar refractivity (Wildman–Crippen MR) is 98.9 cm³/mol. The summed E-state index contributed by atoms with van der Waals surface area (Å²) in [6.07, 6.45) is 0. The van der Waals surface area contributed by atoms with E-state index in [1.54, 1.807) is 0 Å². The summed E-state index contributed by atoms with van der Waals surface area (Å²) >= 11 is 0. The molecule has 23 heavy (non-hydrogen) atoms. The highest BCUT2D eigenvalue weighted by Gasteiger charge is 2.28. The number of benzene rings is 1. The summed E-state index contributed by atoms with van der Waals surface area (Å²) < 4.78 is 5.37. The number of carbonyl (C=O) groups excluding carboxylic acids is 1. The largest absolute Gasteiger partial charge is 0.379 e. The normalized spacial score (nSPS) is 15.0. The van der Waals surface area contributed by atoms with Gasteiger partial charge < -0.3 is 15.4 Å². The minimum absolute atomic E-state index is 0. The maximum absolute atomic E-state index is 11.9. The van der Waals surface area contributed by atoms with Gasteiger partial charge in [0.05, 0.1) is 19.8 Å². The number of rotatable bonds is 6. The van der Waals surface area contributed by atoms with Gasteiger partial charge in [0.1, 0.15) is 0 Å². The monoisotopic (exact) mass is 363 g/mol. The summed E-state index contributed by atoms with van der Waals surface area (Å²) in [7, 11) is 0. The van der Waals surface area contributed by atoms with Gasteiger partial charge in [0.15, 0.2) is 0 Å². The number of amides is 1. The van der Waals surface area contributed by atoms with E-state index in [1.807, 2.05) is 30.3 Å². The maximum atomic E-state index is 11.9. The lowest BCUT2D eigenvalue weighted by atomic mass is 10.0. The summed E-state index contributed by atoms with van der Waals surface area (Å²) in [6, 6.07) is 9.75. The van der Waals surface area contributed by atoms with Crippen LogP contribution in [0, 0.1) is 0 Å². The van der Waals surface area contributed by atoms with Gasteiger partial charge >= 0.3 is 0 Å². The molecule has 7 heteroatoms. The third kappa shape index (κ3) is 7.40. The van der Waals surface area contributed by atoms with Crippen molar-refractivity contribution in [3.8, 4) is 0 Å². The zero-order chi connectivity index (χ0) is 15.1. The second-order valence-electron chi connectivity index (χ2n) is 5.91. The Bertz CT molecular complexity index is 452. The molecule has 1 aliphatic heterocycles. The van der Waals surface area contributed by atoms with Crippen molar-refractivity contribution in [2.24, 2.45) is 0 Å². The van der Waals surface area contributed by atoms with E-state index in [0.717, 1.165) is 32.0 Å². The van der Waals surface area contributed by atoms with Gasteiger partial charge in [0, 0.05) is 30.9 Å². The Morgan fingerprint density at radius 2 is 1.78 bits per heavy atom. The van der Waals surface area contributed by atoms with Crippen molar-refractivity contribution in [2.75, 3.05) is 44.7 Å². The topological polar surface area (TPSA) is 53.6 Å². The Morgan fingerprint density at radius 1 is 1.17 bits per heavy atom. The molecule has 5 nitrogen and oxygen atoms in total. The molecule has 1 aromatic carbocycles. The molecule has 1 aliphatic rings. The summed E-state index contributed by atoms with van der Waals surface area (Å²) in [5, 5.41) is 6.12. The standard InChI is InChI=1S/C16H25N3O2.2ClH/c1-16(2,19-8-10-21-11-9-19)13-18-15(20)12-17-14-6-4-3-5-7-14;;/h3-7,17H,8-13H2,1-2H3,(H,18,20);2*1H. The van der Waals surface area contributed by atoms with Gasteiger partial charge in [-0.15, -0.1) is 24.8 Å². The first-order chi connectivity index (χ1) is 10.1. The smallest absolute Gasteiger partial charge is 0.239 e. The zero-order valence-corrected chi connectivity index (χ0v) is 15.3. The first kappa shape index (κ1) is 22.0. The van der Waals surface area contributed by atoms with Crippen LogP contribution in [-0.2, 0) is 9.53 Å². The number of morpholine rings is 1. The van der Waals surface area contributed by atoms with Gasteiger partial charge in [-0.1, -0.05) is 18.2 Å². The number of para-hydroxylation sites is 1. The molecule has 0 aromatic heterocycles. The van der Waals surface area contributed by atoms with Crippen molar-refractivity contribution >= 4 is 36.4 Å². The van der Waals surface area contributed by atoms with Crippen LogP contribution in [0.2, 0.25) is 0 Å². The zero-order valence-electron chi connectivity index (χ0n) is 13.7. The lowest BCUT2D eigenvalue weighted by Crippen LogP contribution is -2.55. The number of carbonyl (C=O) groups is 1. The molecule has 0 unspecified atom stereocenters. The lowest BCUT2D eigenvalue weighted by molar-refractivity contribution is -0.120. The molecule has 0 radical (unpaired) electrons. The minimum atomic E-state index is -0.0494. The molecule has 132 valence electrons. The van der Waals surface area contributed by atoms with Crippen molar-refractivity contribution in [3.63, 3.8) is 0 Å². The molecule has 1 aromatic rings. The molecule has 0 bridgehead atoms. The van der Waals surface area contributed by atoms with Crippen molar-refractivity contribution in [1.29, 1.82) is 0 Å². The Balaban J connectivity index is 0.00000242. The molecular formula is C16H27Cl2N3O2. The average molecular weight is 364 g/mol. The first-order valence-electron chi connectivity index (χ1n) is 7.46. The fraction of sp³-hybridized carbons (Fsp3) is 0.562. The van der Waals surface area contributed by atoms with E-state index in [-0.39, 0.29) is 36.3 Å². The molecule has 2 rings (SSSR count). The van der Waals surface area contributed by atoms with E-state index in [1.165, 1.54) is 0 Å². The third-order valence-corrected chi connectivity index (χ3v) is 3.81. The van der Waals surface area contributed by atoms with Crippen molar-refractivity contribution in [3.05, 3.63) is 30.3 Å². The van der Waals surface area contributed by atoms with Gasteiger partial charge in [-0.25, -0.2) is 0 Å². The molecule has 1 heterocycles. The van der Waals surface area contributed by atoms with E-state index in [2.05, 4.69) is 29.4 Å². The highest BCUT2D eigenvalue weighted by atomic mass is 35.5. The number of hydrogen-bond acceptors (Lipinski definition) is 4. The summed E-state index contributed by atoms with van der Waals surface area (Å²) in [5.41, 5.74) is 0.909. The summed E-state index contributed by atoms with van der Waals surface area (Å²) in [4.78, 5) is 14.3. The average Bonchev–Trinajstić information content (AvgIpc) is 2.53. The SMILES string of the molecule is CC(C)(CNC(=O)CNc1ccccc1)N1CCOCC1.Cl.Cl. The molecule has 0 spiro atoms. The predicted octanol–water partition coefficient (Wildman–Crippen LogP) is 2.17. The highest BCUT2D eigenvalue weighted by Crippen LogP contribution is 2.15. The van der Waals surface area contributed by atoms with Crippen LogP contribution in [0.15, 0.2) is 30.3 Å². The second kappa shape index (κ2) is 10.7. The molecule has 0 atom stereocenters. The maximum Gasteiger partial charge on any atom is 0.239 e. The van der Waals surface area contributed by atoms with E-state index < -0.39 is 0 Å². The second-order valence-corrected chi connectivity index (χ2v) is 5.91. The van der Waals surface area contributed by atoms with Crippen LogP contribution in [0.4, 0.5) is 5.69 Å². The number of ether oxygens (including phenoxy) is 1. The summed E-state index contributed by atoms with van der Waals surface area (Å²) in [6.45, 7) is 8.63. The van der Waals surface area contributed by atoms with Crippen LogP contribution < -0.4 is 10.6 Å².